The third kappa shape index (κ3) is 8.83. The fraction of sp³-hybridized carbons (Fsp3) is 0.722. The fourth-order valence-corrected chi connectivity index (χ4v) is 7.87. The summed E-state index contributed by atoms with van der Waals surface area (Å²) in [6, 6.07) is -3.68. The second kappa shape index (κ2) is 15.8. The second-order valence-electron chi connectivity index (χ2n) is 15.5. The lowest BCUT2D eigenvalue weighted by Crippen LogP contribution is -2.62. The Hall–Kier alpha value is -3.90. The van der Waals surface area contributed by atoms with Gasteiger partial charge in [0.05, 0.1) is 12.2 Å². The summed E-state index contributed by atoms with van der Waals surface area (Å²) in [4.78, 5) is 91.4. The Kier molecular flexibility index (Phi) is 11.7. The van der Waals surface area contributed by atoms with E-state index in [0.29, 0.717) is 19.4 Å². The molecule has 2 heterocycles. The third-order valence-electron chi connectivity index (χ3n) is 10.7. The number of rotatable bonds is 13. The van der Waals surface area contributed by atoms with Crippen molar-refractivity contribution in [2.45, 2.75) is 135 Å². The summed E-state index contributed by atoms with van der Waals surface area (Å²) in [7, 11) is 0. The zero-order valence-electron chi connectivity index (χ0n) is 29.3. The van der Waals surface area contributed by atoms with E-state index in [1.165, 1.54) is 18.6 Å². The molecule has 3 aliphatic carbocycles. The average Bonchev–Trinajstić information content (AvgIpc) is 3.65. The van der Waals surface area contributed by atoms with Crippen molar-refractivity contribution in [3.8, 4) is 0 Å². The van der Waals surface area contributed by atoms with Crippen molar-refractivity contribution in [3.05, 3.63) is 24.3 Å². The summed E-state index contributed by atoms with van der Waals surface area (Å²) in [6.45, 7) is 7.85. The lowest BCUT2D eigenvalue weighted by Gasteiger charge is -2.38. The van der Waals surface area contributed by atoms with Gasteiger partial charge >= 0.3 is 0 Å². The molecule has 268 valence electrons. The Balaban J connectivity index is 1.36. The fourth-order valence-electron chi connectivity index (χ4n) is 7.87. The predicted molar refractivity (Wildman–Crippen MR) is 181 cm³/mol. The van der Waals surface area contributed by atoms with Gasteiger partial charge in [-0.25, -0.2) is 4.98 Å². The number of Topliss-reactive ketones (excluding diaryl/α,β-unsaturated/α-hetero) is 1. The van der Waals surface area contributed by atoms with Gasteiger partial charge in [0.15, 0.2) is 0 Å². The van der Waals surface area contributed by atoms with E-state index < -0.39 is 59.0 Å². The quantitative estimate of drug-likeness (QED) is 0.230. The van der Waals surface area contributed by atoms with Crippen LogP contribution in [0.25, 0.3) is 0 Å². The molecule has 5 amide bonds. The summed E-state index contributed by atoms with van der Waals surface area (Å²) in [6.07, 6.45) is 13.9. The molecule has 3 saturated carbocycles. The van der Waals surface area contributed by atoms with Gasteiger partial charge in [-0.1, -0.05) is 59.8 Å². The first kappa shape index (κ1) is 36.4. The Morgan fingerprint density at radius 2 is 1.63 bits per heavy atom. The number of hydrogen-bond acceptors (Lipinski definition) is 8. The van der Waals surface area contributed by atoms with Gasteiger partial charge in [0.1, 0.15) is 23.8 Å². The molecular formula is C36H53N7O6. The Morgan fingerprint density at radius 1 is 0.898 bits per heavy atom. The minimum absolute atomic E-state index is 0.0132. The number of amides is 5. The zero-order valence-corrected chi connectivity index (χ0v) is 29.3. The van der Waals surface area contributed by atoms with Crippen LogP contribution in [0, 0.1) is 23.2 Å². The number of nitrogens with one attached hydrogen (secondary N) is 4. The molecule has 1 aromatic heterocycles. The van der Waals surface area contributed by atoms with Crippen LogP contribution in [-0.4, -0.2) is 86.9 Å². The van der Waals surface area contributed by atoms with E-state index in [-0.39, 0.29) is 35.4 Å². The van der Waals surface area contributed by atoms with Gasteiger partial charge in [0, 0.05) is 25.0 Å². The third-order valence-corrected chi connectivity index (χ3v) is 10.7. The molecule has 13 heteroatoms. The van der Waals surface area contributed by atoms with Gasteiger partial charge in [0.2, 0.25) is 23.5 Å². The van der Waals surface area contributed by atoms with E-state index in [0.717, 1.165) is 64.2 Å². The summed E-state index contributed by atoms with van der Waals surface area (Å²) < 4.78 is 0. The molecule has 4 N–H and O–H groups in total. The van der Waals surface area contributed by atoms with Crippen LogP contribution in [0.3, 0.4) is 0 Å². The molecule has 0 radical (unpaired) electrons. The summed E-state index contributed by atoms with van der Waals surface area (Å²) in [5.41, 5.74) is -0.638. The van der Waals surface area contributed by atoms with Gasteiger partial charge < -0.3 is 26.2 Å². The van der Waals surface area contributed by atoms with Crippen molar-refractivity contribution in [1.82, 2.24) is 36.1 Å². The molecule has 1 aromatic rings. The lowest BCUT2D eigenvalue weighted by molar-refractivity contribution is -0.146. The van der Waals surface area contributed by atoms with E-state index in [1.54, 1.807) is 4.90 Å². The number of nitrogens with zero attached hydrogens (tertiary/aromatic N) is 3. The van der Waals surface area contributed by atoms with E-state index in [4.69, 9.17) is 0 Å². The molecular weight excluding hydrogens is 626 g/mol. The highest BCUT2D eigenvalue weighted by Gasteiger charge is 2.52. The minimum Gasteiger partial charge on any atom is -0.347 e. The summed E-state index contributed by atoms with van der Waals surface area (Å²) in [5.74, 6) is -3.20. The normalized spacial score (nSPS) is 24.2. The number of carbonyl (C=O) groups is 6. The van der Waals surface area contributed by atoms with E-state index in [2.05, 4.69) is 31.2 Å². The molecule has 0 unspecified atom stereocenters. The van der Waals surface area contributed by atoms with Crippen molar-refractivity contribution in [3.63, 3.8) is 0 Å². The first-order valence-corrected chi connectivity index (χ1v) is 18.2. The minimum atomic E-state index is -0.994. The molecule has 4 aliphatic rings. The number of likely N-dealkylation sites (tertiary alicyclic amines) is 1. The van der Waals surface area contributed by atoms with Crippen molar-refractivity contribution in [1.29, 1.82) is 0 Å². The van der Waals surface area contributed by atoms with Crippen LogP contribution in [0.4, 0.5) is 0 Å². The summed E-state index contributed by atoms with van der Waals surface area (Å²) in [5, 5.41) is 11.5. The monoisotopic (exact) mass is 679 g/mol. The number of hydrogen-bond donors (Lipinski definition) is 4. The first-order valence-electron chi connectivity index (χ1n) is 18.2. The highest BCUT2D eigenvalue weighted by atomic mass is 16.2. The first-order chi connectivity index (χ1) is 23.4. The molecule has 5 rings (SSSR count). The summed E-state index contributed by atoms with van der Waals surface area (Å²) >= 11 is 0. The van der Waals surface area contributed by atoms with Crippen molar-refractivity contribution >= 4 is 35.3 Å². The average molecular weight is 680 g/mol. The van der Waals surface area contributed by atoms with Crippen LogP contribution < -0.4 is 21.3 Å². The largest absolute Gasteiger partial charge is 0.347 e. The molecule has 1 aliphatic heterocycles. The van der Waals surface area contributed by atoms with Crippen LogP contribution in [-0.2, 0) is 24.0 Å². The highest BCUT2D eigenvalue weighted by molar-refractivity contribution is 6.38. The number of ketones is 1. The number of carbonyl (C=O) groups excluding carboxylic acids is 6. The zero-order chi connectivity index (χ0) is 35.3. The SMILES string of the molecule is CCC[C@H](NC(=O)[C@H]1[C@H]2CCC[C@@H]2CN1C(=O)[C@H](NC(=O)[C@@H](NC(=O)c1cnccn1)C1CCCCC1)C(C)(C)C)C(=O)C(=O)NC1CC1. The van der Waals surface area contributed by atoms with Crippen LogP contribution in [0.15, 0.2) is 18.6 Å². The molecule has 0 aromatic carbocycles. The van der Waals surface area contributed by atoms with Crippen LogP contribution in [0.1, 0.15) is 115 Å². The van der Waals surface area contributed by atoms with E-state index in [1.807, 2.05) is 27.7 Å². The van der Waals surface area contributed by atoms with Gasteiger partial charge in [-0.05, 0) is 68.1 Å². The maximum Gasteiger partial charge on any atom is 0.289 e. The predicted octanol–water partition coefficient (Wildman–Crippen LogP) is 2.45. The standard InChI is InChI=1S/C36H53N7O6/c1-5-10-25(29(44)34(48)39-23-15-16-23)40-33(47)28-24-14-9-13-22(24)20-43(28)35(49)30(36(2,3)4)42-32(46)27(21-11-7-6-8-12-21)41-31(45)26-19-37-17-18-38-26/h17-19,21-25,27-28,30H,5-16,20H2,1-4H3,(H,39,48)(H,40,47)(H,41,45)(H,42,46)/t22-,24+,25+,27+,28-,30+/m1/s1. The molecule has 1 saturated heterocycles. The van der Waals surface area contributed by atoms with Crippen molar-refractivity contribution in [2.24, 2.45) is 23.2 Å². The number of fused-ring (bicyclic) bond motifs is 1. The molecule has 0 spiro atoms. The van der Waals surface area contributed by atoms with E-state index in [9.17, 15) is 28.8 Å². The van der Waals surface area contributed by atoms with Crippen molar-refractivity contribution in [2.75, 3.05) is 6.54 Å². The van der Waals surface area contributed by atoms with E-state index >= 15 is 0 Å². The molecule has 6 atom stereocenters. The Labute approximate surface area is 288 Å². The van der Waals surface area contributed by atoms with Gasteiger partial charge in [-0.15, -0.1) is 0 Å². The van der Waals surface area contributed by atoms with Gasteiger partial charge in [-0.2, -0.15) is 0 Å². The van der Waals surface area contributed by atoms with Crippen LogP contribution in [0.2, 0.25) is 0 Å². The maximum absolute atomic E-state index is 14.6. The van der Waals surface area contributed by atoms with Crippen molar-refractivity contribution < 1.29 is 28.8 Å². The lowest BCUT2D eigenvalue weighted by atomic mass is 9.82. The Bertz CT molecular complexity index is 1390. The van der Waals surface area contributed by atoms with Gasteiger partial charge in [-0.3, -0.25) is 33.8 Å². The molecule has 13 nitrogen and oxygen atoms in total. The highest BCUT2D eigenvalue weighted by Crippen LogP contribution is 2.43. The molecule has 0 bridgehead atoms. The number of aromatic nitrogens is 2. The van der Waals surface area contributed by atoms with Crippen LogP contribution in [0.5, 0.6) is 0 Å². The maximum atomic E-state index is 14.6. The van der Waals surface area contributed by atoms with Crippen LogP contribution >= 0.6 is 0 Å². The second-order valence-corrected chi connectivity index (χ2v) is 15.5. The Morgan fingerprint density at radius 3 is 2.27 bits per heavy atom. The van der Waals surface area contributed by atoms with Gasteiger partial charge in [0.25, 0.3) is 11.8 Å². The smallest absolute Gasteiger partial charge is 0.289 e. The topological polar surface area (TPSA) is 180 Å². The molecule has 4 fully saturated rings. The molecule has 49 heavy (non-hydrogen) atoms.